The molecule has 0 fully saturated rings. The van der Waals surface area contributed by atoms with Crippen molar-refractivity contribution in [2.45, 2.75) is 13.0 Å². The van der Waals surface area contributed by atoms with Crippen LogP contribution in [0, 0.1) is 3.57 Å². The highest BCUT2D eigenvalue weighted by Gasteiger charge is 2.03. The average Bonchev–Trinajstić information content (AvgIpc) is 2.10. The van der Waals surface area contributed by atoms with E-state index in [1.54, 1.807) is 0 Å². The molecule has 0 aliphatic rings. The number of nitrogens with one attached hydrogen (secondary N) is 1. The Bertz CT molecular complexity index is 304. The van der Waals surface area contributed by atoms with Crippen molar-refractivity contribution in [2.24, 2.45) is 0 Å². The highest BCUT2D eigenvalue weighted by atomic mass is 127. The van der Waals surface area contributed by atoms with Gasteiger partial charge in [-0.25, -0.2) is 0 Å². The molecule has 78 valence electrons. The van der Waals surface area contributed by atoms with Crippen molar-refractivity contribution in [3.05, 3.63) is 21.8 Å². The maximum Gasteiger partial charge on any atom is 0.0576 e. The second-order valence-corrected chi connectivity index (χ2v) is 5.39. The first-order valence-electron chi connectivity index (χ1n) is 4.44. The zero-order valence-electron chi connectivity index (χ0n) is 8.38. The molecule has 0 saturated carbocycles. The van der Waals surface area contributed by atoms with Gasteiger partial charge in [0.15, 0.2) is 0 Å². The Hall–Kier alpha value is -0.100. The average molecular weight is 322 g/mol. The minimum Gasteiger partial charge on any atom is -0.397 e. The molecular formula is C10H15IN2S. The molecule has 4 heteroatoms. The van der Waals surface area contributed by atoms with Crippen molar-refractivity contribution in [3.63, 3.8) is 0 Å². The van der Waals surface area contributed by atoms with Gasteiger partial charge in [0, 0.05) is 15.4 Å². The van der Waals surface area contributed by atoms with Crippen molar-refractivity contribution in [1.29, 1.82) is 0 Å². The van der Waals surface area contributed by atoms with E-state index in [1.165, 1.54) is 3.57 Å². The molecule has 0 aromatic heterocycles. The maximum absolute atomic E-state index is 5.89. The van der Waals surface area contributed by atoms with Gasteiger partial charge in [0.25, 0.3) is 0 Å². The monoisotopic (exact) mass is 322 g/mol. The maximum atomic E-state index is 5.89. The zero-order valence-corrected chi connectivity index (χ0v) is 11.4. The molecule has 1 aromatic rings. The molecule has 2 nitrogen and oxygen atoms in total. The third kappa shape index (κ3) is 3.57. The minimum absolute atomic E-state index is 0.451. The highest BCUT2D eigenvalue weighted by Crippen LogP contribution is 2.21. The van der Waals surface area contributed by atoms with Crippen LogP contribution in [0.4, 0.5) is 11.4 Å². The normalized spacial score (nSPS) is 12.5. The second-order valence-electron chi connectivity index (χ2n) is 3.23. The Morgan fingerprint density at radius 2 is 2.29 bits per heavy atom. The summed E-state index contributed by atoms with van der Waals surface area (Å²) in [5.41, 5.74) is 7.75. The van der Waals surface area contributed by atoms with Gasteiger partial charge < -0.3 is 11.1 Å². The van der Waals surface area contributed by atoms with Crippen LogP contribution in [-0.2, 0) is 0 Å². The molecular weight excluding hydrogens is 307 g/mol. The van der Waals surface area contributed by atoms with Gasteiger partial charge in [-0.1, -0.05) is 0 Å². The summed E-state index contributed by atoms with van der Waals surface area (Å²) in [6.45, 7) is 2.16. The number of anilines is 2. The first kappa shape index (κ1) is 12.0. The van der Waals surface area contributed by atoms with Crippen LogP contribution in [0.15, 0.2) is 18.2 Å². The van der Waals surface area contributed by atoms with Crippen LogP contribution in [0.5, 0.6) is 0 Å². The lowest BCUT2D eigenvalue weighted by Crippen LogP contribution is -2.18. The van der Waals surface area contributed by atoms with Gasteiger partial charge in [-0.3, -0.25) is 0 Å². The lowest BCUT2D eigenvalue weighted by molar-refractivity contribution is 0.915. The van der Waals surface area contributed by atoms with Gasteiger partial charge in [0.05, 0.1) is 11.4 Å². The predicted molar refractivity (Wildman–Crippen MR) is 75.0 cm³/mol. The van der Waals surface area contributed by atoms with Crippen LogP contribution >= 0.6 is 34.4 Å². The Morgan fingerprint density at radius 3 is 2.86 bits per heavy atom. The second kappa shape index (κ2) is 5.70. The molecule has 1 aromatic carbocycles. The molecule has 1 atom stereocenters. The largest absolute Gasteiger partial charge is 0.397 e. The van der Waals surface area contributed by atoms with Crippen LogP contribution in [0.25, 0.3) is 0 Å². The Labute approximate surface area is 103 Å². The standard InChI is InChI=1S/C10H15IN2S/c1-7(6-14-2)13-10-4-3-8(11)5-9(10)12/h3-5,7,13H,6,12H2,1-2H3. The van der Waals surface area contributed by atoms with E-state index in [-0.39, 0.29) is 0 Å². The first-order valence-corrected chi connectivity index (χ1v) is 6.91. The summed E-state index contributed by atoms with van der Waals surface area (Å²) in [4.78, 5) is 0. The lowest BCUT2D eigenvalue weighted by atomic mass is 10.2. The summed E-state index contributed by atoms with van der Waals surface area (Å²) in [6, 6.07) is 6.53. The SMILES string of the molecule is CSCC(C)Nc1ccc(I)cc1N. The Kier molecular flexibility index (Phi) is 4.88. The van der Waals surface area contributed by atoms with Gasteiger partial charge in [0.2, 0.25) is 0 Å². The number of hydrogen-bond acceptors (Lipinski definition) is 3. The van der Waals surface area contributed by atoms with E-state index in [1.807, 2.05) is 23.9 Å². The predicted octanol–water partition coefficient (Wildman–Crippen LogP) is 3.04. The molecule has 1 rings (SSSR count). The highest BCUT2D eigenvalue weighted by molar-refractivity contribution is 14.1. The van der Waals surface area contributed by atoms with Crippen LogP contribution in [0.1, 0.15) is 6.92 Å². The molecule has 0 aliphatic heterocycles. The topological polar surface area (TPSA) is 38.0 Å². The van der Waals surface area contributed by atoms with E-state index in [2.05, 4.69) is 47.2 Å². The molecule has 3 N–H and O–H groups in total. The summed E-state index contributed by atoms with van der Waals surface area (Å²) < 4.78 is 1.17. The van der Waals surface area contributed by atoms with Crippen LogP contribution < -0.4 is 11.1 Å². The van der Waals surface area contributed by atoms with Crippen molar-refractivity contribution in [2.75, 3.05) is 23.1 Å². The zero-order chi connectivity index (χ0) is 10.6. The van der Waals surface area contributed by atoms with Gasteiger partial charge in [0.1, 0.15) is 0 Å². The van der Waals surface area contributed by atoms with Gasteiger partial charge in [-0.05, 0) is 54.0 Å². The summed E-state index contributed by atoms with van der Waals surface area (Å²) in [7, 11) is 0. The molecule has 1 unspecified atom stereocenters. The fourth-order valence-corrected chi connectivity index (χ4v) is 2.32. The fraction of sp³-hybridized carbons (Fsp3) is 0.400. The molecule has 0 amide bonds. The summed E-state index contributed by atoms with van der Waals surface area (Å²) in [5, 5.41) is 3.39. The number of nitrogens with two attached hydrogens (primary N) is 1. The fourth-order valence-electron chi connectivity index (χ4n) is 1.22. The number of halogens is 1. The molecule has 0 radical (unpaired) electrons. The van der Waals surface area contributed by atoms with Crippen molar-refractivity contribution in [1.82, 2.24) is 0 Å². The van der Waals surface area contributed by atoms with Crippen molar-refractivity contribution in [3.8, 4) is 0 Å². The molecule has 0 heterocycles. The number of rotatable bonds is 4. The van der Waals surface area contributed by atoms with E-state index in [0.29, 0.717) is 6.04 Å². The summed E-state index contributed by atoms with van der Waals surface area (Å²) in [6.07, 6.45) is 2.11. The van der Waals surface area contributed by atoms with E-state index in [9.17, 15) is 0 Å². The lowest BCUT2D eigenvalue weighted by Gasteiger charge is -2.15. The van der Waals surface area contributed by atoms with E-state index < -0.39 is 0 Å². The van der Waals surface area contributed by atoms with E-state index >= 15 is 0 Å². The Balaban J connectivity index is 2.67. The molecule has 0 aliphatic carbocycles. The Morgan fingerprint density at radius 1 is 1.57 bits per heavy atom. The molecule has 0 saturated heterocycles. The van der Waals surface area contributed by atoms with Crippen molar-refractivity contribution >= 4 is 45.7 Å². The first-order chi connectivity index (χ1) is 6.63. The van der Waals surface area contributed by atoms with Crippen LogP contribution in [0.3, 0.4) is 0 Å². The molecule has 0 bridgehead atoms. The van der Waals surface area contributed by atoms with Gasteiger partial charge in [-0.2, -0.15) is 11.8 Å². The number of benzene rings is 1. The van der Waals surface area contributed by atoms with Crippen LogP contribution in [0.2, 0.25) is 0 Å². The molecule has 0 spiro atoms. The summed E-state index contributed by atoms with van der Waals surface area (Å²) >= 11 is 4.09. The molecule has 14 heavy (non-hydrogen) atoms. The van der Waals surface area contributed by atoms with Gasteiger partial charge in [-0.15, -0.1) is 0 Å². The number of hydrogen-bond donors (Lipinski definition) is 2. The minimum atomic E-state index is 0.451. The smallest absolute Gasteiger partial charge is 0.0576 e. The van der Waals surface area contributed by atoms with E-state index in [4.69, 9.17) is 5.73 Å². The van der Waals surface area contributed by atoms with Gasteiger partial charge >= 0.3 is 0 Å². The third-order valence-corrected chi connectivity index (χ3v) is 3.34. The number of thioether (sulfide) groups is 1. The van der Waals surface area contributed by atoms with E-state index in [0.717, 1.165) is 17.1 Å². The quantitative estimate of drug-likeness (QED) is 0.661. The number of nitrogen functional groups attached to an aromatic ring is 1. The van der Waals surface area contributed by atoms with Crippen LogP contribution in [-0.4, -0.2) is 18.1 Å². The summed E-state index contributed by atoms with van der Waals surface area (Å²) in [5.74, 6) is 1.09. The third-order valence-electron chi connectivity index (χ3n) is 1.83. The van der Waals surface area contributed by atoms with Crippen molar-refractivity contribution < 1.29 is 0 Å².